The minimum absolute atomic E-state index is 0.00252. The van der Waals surface area contributed by atoms with E-state index in [1.54, 1.807) is 0 Å². The zero-order valence-corrected chi connectivity index (χ0v) is 46.6. The highest BCUT2D eigenvalue weighted by atomic mass is 16.5. The Labute approximate surface area is 424 Å². The summed E-state index contributed by atoms with van der Waals surface area (Å²) < 4.78 is 11.9. The molecule has 0 bridgehead atoms. The summed E-state index contributed by atoms with van der Waals surface area (Å²) >= 11 is 0. The molecule has 1 rings (SSSR count). The predicted octanol–water partition coefficient (Wildman–Crippen LogP) is 17.5. The van der Waals surface area contributed by atoms with Crippen molar-refractivity contribution >= 4 is 11.9 Å². The highest BCUT2D eigenvalue weighted by molar-refractivity contribution is 5.69. The van der Waals surface area contributed by atoms with Crippen LogP contribution in [0.15, 0.2) is 0 Å². The summed E-state index contributed by atoms with van der Waals surface area (Å²) in [6, 6.07) is 0.585. The molecule has 0 saturated heterocycles. The zero-order chi connectivity index (χ0) is 49.4. The third-order valence-electron chi connectivity index (χ3n) is 15.5. The average Bonchev–Trinajstić information content (AvgIpc) is 3.34. The molecule has 404 valence electrons. The average molecular weight is 962 g/mol. The van der Waals surface area contributed by atoms with Crippen LogP contribution in [0.1, 0.15) is 311 Å². The van der Waals surface area contributed by atoms with Crippen LogP contribution in [0.25, 0.3) is 0 Å². The number of carbonyl (C=O) groups is 2. The van der Waals surface area contributed by atoms with Crippen molar-refractivity contribution in [3.8, 4) is 0 Å². The number of hydrogen-bond donors (Lipinski definition) is 1. The Morgan fingerprint density at radius 3 is 1.10 bits per heavy atom. The van der Waals surface area contributed by atoms with Gasteiger partial charge in [-0.1, -0.05) is 214 Å². The Bertz CT molecular complexity index is 971. The van der Waals surface area contributed by atoms with E-state index in [0.29, 0.717) is 43.9 Å². The van der Waals surface area contributed by atoms with Gasteiger partial charge in [-0.15, -0.1) is 0 Å². The molecule has 0 amide bonds. The molecule has 0 heterocycles. The van der Waals surface area contributed by atoms with E-state index >= 15 is 0 Å². The lowest BCUT2D eigenvalue weighted by Gasteiger charge is -2.37. The molecule has 0 aromatic heterocycles. The summed E-state index contributed by atoms with van der Waals surface area (Å²) in [6.07, 6.45) is 51.4. The van der Waals surface area contributed by atoms with Crippen LogP contribution in [-0.4, -0.2) is 84.9 Å². The first-order valence-electron chi connectivity index (χ1n) is 30.8. The Kier molecular flexibility index (Phi) is 47.1. The Hall–Kier alpha value is -1.18. The van der Waals surface area contributed by atoms with Crippen LogP contribution in [-0.2, 0) is 19.1 Å². The Morgan fingerprint density at radius 1 is 0.397 bits per heavy atom. The van der Waals surface area contributed by atoms with Crippen molar-refractivity contribution < 1.29 is 24.2 Å². The highest BCUT2D eigenvalue weighted by Gasteiger charge is 2.25. The van der Waals surface area contributed by atoms with Gasteiger partial charge in [-0.3, -0.25) is 14.5 Å². The first-order valence-corrected chi connectivity index (χ1v) is 30.8. The maximum absolute atomic E-state index is 13.0. The van der Waals surface area contributed by atoms with E-state index in [0.717, 1.165) is 96.9 Å². The number of aliphatic hydroxyl groups is 1. The van der Waals surface area contributed by atoms with E-state index in [4.69, 9.17) is 9.47 Å². The molecule has 68 heavy (non-hydrogen) atoms. The van der Waals surface area contributed by atoms with Gasteiger partial charge in [-0.2, -0.15) is 0 Å². The van der Waals surface area contributed by atoms with E-state index < -0.39 is 0 Å². The molecule has 1 saturated carbocycles. The summed E-state index contributed by atoms with van der Waals surface area (Å²) in [6.45, 7) is 18.1. The summed E-state index contributed by atoms with van der Waals surface area (Å²) in [5, 5.41) is 10.3. The normalized spacial score (nSPS) is 15.4. The number of nitrogens with zero attached hydrogens (tertiary/aromatic N) is 2. The maximum atomic E-state index is 13.0. The van der Waals surface area contributed by atoms with Crippen molar-refractivity contribution in [3.05, 3.63) is 0 Å². The van der Waals surface area contributed by atoms with Crippen LogP contribution < -0.4 is 0 Å². The second kappa shape index (κ2) is 49.4. The second-order valence-electron chi connectivity index (χ2n) is 22.0. The molecule has 1 N–H and O–H groups in total. The fourth-order valence-corrected chi connectivity index (χ4v) is 10.7. The molecule has 7 heteroatoms. The van der Waals surface area contributed by atoms with Gasteiger partial charge in [0.25, 0.3) is 0 Å². The van der Waals surface area contributed by atoms with Gasteiger partial charge in [0.05, 0.1) is 19.3 Å². The van der Waals surface area contributed by atoms with Crippen LogP contribution in [0.3, 0.4) is 0 Å². The smallest absolute Gasteiger partial charge is 0.305 e. The molecule has 0 unspecified atom stereocenters. The van der Waals surface area contributed by atoms with Gasteiger partial charge in [-0.25, -0.2) is 0 Å². The molecule has 0 spiro atoms. The summed E-state index contributed by atoms with van der Waals surface area (Å²) in [5.74, 6) is 1.04. The summed E-state index contributed by atoms with van der Waals surface area (Å²) in [5.41, 5.74) is 0. The van der Waals surface area contributed by atoms with Crippen molar-refractivity contribution in [1.29, 1.82) is 0 Å². The molecule has 1 fully saturated rings. The Morgan fingerprint density at radius 2 is 0.721 bits per heavy atom. The summed E-state index contributed by atoms with van der Waals surface area (Å²) in [7, 11) is 0. The van der Waals surface area contributed by atoms with Crippen molar-refractivity contribution in [2.75, 3.05) is 45.9 Å². The molecule has 0 atom stereocenters. The molecular formula is C61H120N2O5. The largest absolute Gasteiger partial charge is 0.465 e. The van der Waals surface area contributed by atoms with E-state index in [9.17, 15) is 14.7 Å². The van der Waals surface area contributed by atoms with E-state index in [2.05, 4.69) is 44.4 Å². The van der Waals surface area contributed by atoms with Crippen molar-refractivity contribution in [1.82, 2.24) is 9.80 Å². The fraction of sp³-hybridized carbons (Fsp3) is 0.967. The van der Waals surface area contributed by atoms with Crippen LogP contribution in [0.2, 0.25) is 0 Å². The molecule has 1 aliphatic rings. The van der Waals surface area contributed by atoms with Gasteiger partial charge in [0.2, 0.25) is 0 Å². The van der Waals surface area contributed by atoms with Gasteiger partial charge in [0.15, 0.2) is 0 Å². The van der Waals surface area contributed by atoms with Crippen LogP contribution >= 0.6 is 0 Å². The van der Waals surface area contributed by atoms with Gasteiger partial charge in [0, 0.05) is 32.0 Å². The van der Waals surface area contributed by atoms with Gasteiger partial charge in [0.1, 0.15) is 0 Å². The molecule has 0 aliphatic heterocycles. The zero-order valence-electron chi connectivity index (χ0n) is 46.6. The molecule has 0 aromatic carbocycles. The fourth-order valence-electron chi connectivity index (χ4n) is 10.7. The van der Waals surface area contributed by atoms with Crippen molar-refractivity contribution in [2.24, 2.45) is 11.8 Å². The quantitative estimate of drug-likeness (QED) is 0.0480. The lowest BCUT2D eigenvalue weighted by Crippen LogP contribution is -2.44. The molecule has 1 aliphatic carbocycles. The SMILES string of the molecule is CCCCCCCCC(CCCCCCCC)COC(=O)CCCCCN(CCCCCC(=O)OCC(CCCCCCCC)CCCCCCCC)CCN(CCCCC)C1CCC(O)CC1. The van der Waals surface area contributed by atoms with Crippen molar-refractivity contribution in [2.45, 2.75) is 323 Å². The van der Waals surface area contributed by atoms with Crippen LogP contribution in [0, 0.1) is 11.8 Å². The van der Waals surface area contributed by atoms with E-state index in [-0.39, 0.29) is 18.0 Å². The van der Waals surface area contributed by atoms with Crippen LogP contribution in [0.4, 0.5) is 0 Å². The van der Waals surface area contributed by atoms with E-state index in [1.807, 2.05) is 0 Å². The Balaban J connectivity index is 2.67. The highest BCUT2D eigenvalue weighted by Crippen LogP contribution is 2.25. The maximum Gasteiger partial charge on any atom is 0.305 e. The second-order valence-corrected chi connectivity index (χ2v) is 22.0. The minimum Gasteiger partial charge on any atom is -0.465 e. The number of carbonyl (C=O) groups excluding carboxylic acids is 2. The summed E-state index contributed by atoms with van der Waals surface area (Å²) in [4.78, 5) is 31.4. The minimum atomic E-state index is -0.122. The standard InChI is InChI=1S/C61H120N2O5/c1-6-11-16-20-24-30-39-56(40-31-25-21-17-12-7-2)54-67-60(65)43-34-28-37-49-62(52-53-63(51-36-15-10-5)58-45-47-59(64)48-46-58)50-38-29-35-44-61(66)68-55-57(41-32-26-22-18-13-8-3)42-33-27-23-19-14-9-4/h56-59,64H,6-55H2,1-5H3. The molecule has 0 radical (unpaired) electrons. The molecule has 0 aromatic rings. The monoisotopic (exact) mass is 961 g/mol. The number of ether oxygens (including phenoxy) is 2. The number of rotatable bonds is 52. The lowest BCUT2D eigenvalue weighted by atomic mass is 9.91. The topological polar surface area (TPSA) is 79.3 Å². The molecule has 7 nitrogen and oxygen atoms in total. The van der Waals surface area contributed by atoms with Crippen LogP contribution in [0.5, 0.6) is 0 Å². The van der Waals surface area contributed by atoms with Crippen molar-refractivity contribution in [3.63, 3.8) is 0 Å². The van der Waals surface area contributed by atoms with Gasteiger partial charge in [-0.05, 0) is 115 Å². The molecular weight excluding hydrogens is 841 g/mol. The van der Waals surface area contributed by atoms with Gasteiger partial charge < -0.3 is 19.5 Å². The number of aliphatic hydroxyl groups excluding tert-OH is 1. The number of esters is 2. The number of hydrogen-bond acceptors (Lipinski definition) is 7. The third kappa shape index (κ3) is 40.4. The predicted molar refractivity (Wildman–Crippen MR) is 294 cm³/mol. The van der Waals surface area contributed by atoms with E-state index in [1.165, 1.54) is 199 Å². The number of unbranched alkanes of at least 4 members (excludes halogenated alkanes) is 26. The first kappa shape index (κ1) is 64.8. The van der Waals surface area contributed by atoms with Gasteiger partial charge >= 0.3 is 11.9 Å². The lowest BCUT2D eigenvalue weighted by molar-refractivity contribution is -0.146. The first-order chi connectivity index (χ1) is 33.4. The third-order valence-corrected chi connectivity index (χ3v) is 15.5.